The number of nitrogens with one attached hydrogen (secondary N) is 1. The standard InChI is InChI=1S/C20H24FN5O.HI/c1-13-17-8-16(21)4-5-18(17)27-19(13)10-23-20(22-2)26-7-6-14(12-26)15-9-24-25(3)11-15;/h4-5,8-9,11,14H,6-7,10,12H2,1-3H3,(H,22,23);1H. The van der Waals surface area contributed by atoms with Gasteiger partial charge in [-0.15, -0.1) is 24.0 Å². The maximum atomic E-state index is 13.5. The highest BCUT2D eigenvalue weighted by atomic mass is 127. The van der Waals surface area contributed by atoms with Crippen molar-refractivity contribution in [3.63, 3.8) is 0 Å². The smallest absolute Gasteiger partial charge is 0.194 e. The molecule has 28 heavy (non-hydrogen) atoms. The maximum absolute atomic E-state index is 13.5. The molecule has 1 fully saturated rings. The Balaban J connectivity index is 0.00000225. The lowest BCUT2D eigenvalue weighted by Gasteiger charge is -2.21. The van der Waals surface area contributed by atoms with Crippen LogP contribution in [0.25, 0.3) is 11.0 Å². The molecule has 0 amide bonds. The Hall–Kier alpha value is -2.10. The van der Waals surface area contributed by atoms with Gasteiger partial charge >= 0.3 is 0 Å². The number of likely N-dealkylation sites (tertiary alicyclic amines) is 1. The molecule has 2 aromatic heterocycles. The summed E-state index contributed by atoms with van der Waals surface area (Å²) < 4.78 is 21.2. The molecule has 1 N–H and O–H groups in total. The Morgan fingerprint density at radius 3 is 2.96 bits per heavy atom. The van der Waals surface area contributed by atoms with Gasteiger partial charge in [-0.25, -0.2) is 4.39 Å². The average Bonchev–Trinajstić information content (AvgIpc) is 3.36. The molecule has 8 heteroatoms. The summed E-state index contributed by atoms with van der Waals surface area (Å²) in [4.78, 5) is 6.68. The van der Waals surface area contributed by atoms with Gasteiger partial charge in [0.1, 0.15) is 17.2 Å². The van der Waals surface area contributed by atoms with Gasteiger partial charge in [-0.3, -0.25) is 9.67 Å². The molecule has 6 nitrogen and oxygen atoms in total. The van der Waals surface area contributed by atoms with Crippen LogP contribution in [0.1, 0.15) is 29.2 Å². The van der Waals surface area contributed by atoms with Gasteiger partial charge in [0.15, 0.2) is 5.96 Å². The fourth-order valence-electron chi connectivity index (χ4n) is 3.78. The van der Waals surface area contributed by atoms with E-state index in [1.165, 1.54) is 17.7 Å². The third-order valence-corrected chi connectivity index (χ3v) is 5.30. The SMILES string of the molecule is CN=C(NCc1oc2ccc(F)cc2c1C)N1CCC(c2cnn(C)c2)C1.I. The van der Waals surface area contributed by atoms with Crippen LogP contribution >= 0.6 is 24.0 Å². The molecule has 3 aromatic rings. The van der Waals surface area contributed by atoms with Crippen LogP contribution in [-0.2, 0) is 13.6 Å². The summed E-state index contributed by atoms with van der Waals surface area (Å²) in [5.74, 6) is 1.88. The van der Waals surface area contributed by atoms with E-state index in [-0.39, 0.29) is 29.8 Å². The molecule has 3 heterocycles. The normalized spacial score (nSPS) is 17.2. The molecule has 1 aliphatic rings. The van der Waals surface area contributed by atoms with E-state index in [4.69, 9.17) is 4.42 Å². The zero-order chi connectivity index (χ0) is 19.0. The van der Waals surface area contributed by atoms with E-state index in [1.54, 1.807) is 13.1 Å². The number of guanidine groups is 1. The number of fused-ring (bicyclic) bond motifs is 1. The van der Waals surface area contributed by atoms with Crippen LogP contribution < -0.4 is 5.32 Å². The van der Waals surface area contributed by atoms with Crippen LogP contribution in [0.4, 0.5) is 4.39 Å². The van der Waals surface area contributed by atoms with E-state index in [2.05, 4.69) is 26.5 Å². The van der Waals surface area contributed by atoms with E-state index in [1.807, 2.05) is 24.9 Å². The number of halogens is 2. The third-order valence-electron chi connectivity index (χ3n) is 5.30. The highest BCUT2D eigenvalue weighted by Gasteiger charge is 2.27. The molecule has 0 spiro atoms. The zero-order valence-electron chi connectivity index (χ0n) is 16.3. The summed E-state index contributed by atoms with van der Waals surface area (Å²) in [5.41, 5.74) is 2.94. The molecule has 1 saturated heterocycles. The van der Waals surface area contributed by atoms with E-state index in [0.29, 0.717) is 18.0 Å². The molecule has 0 aliphatic carbocycles. The van der Waals surface area contributed by atoms with Gasteiger partial charge in [0, 0.05) is 50.2 Å². The molecule has 1 aliphatic heterocycles. The molecule has 0 saturated carbocycles. The first-order valence-corrected chi connectivity index (χ1v) is 9.17. The summed E-state index contributed by atoms with van der Waals surface area (Å²) in [6, 6.07) is 4.62. The Morgan fingerprint density at radius 1 is 1.43 bits per heavy atom. The molecular weight excluding hydrogens is 472 g/mol. The van der Waals surface area contributed by atoms with Crippen LogP contribution in [0.15, 0.2) is 40.0 Å². The number of furan rings is 1. The second-order valence-corrected chi connectivity index (χ2v) is 7.07. The summed E-state index contributed by atoms with van der Waals surface area (Å²) in [6.45, 7) is 4.33. The minimum absolute atomic E-state index is 0. The van der Waals surface area contributed by atoms with Crippen molar-refractivity contribution in [1.29, 1.82) is 0 Å². The summed E-state index contributed by atoms with van der Waals surface area (Å²) in [7, 11) is 3.73. The topological polar surface area (TPSA) is 58.6 Å². The lowest BCUT2D eigenvalue weighted by atomic mass is 10.0. The number of aliphatic imine (C=N–C) groups is 1. The van der Waals surface area contributed by atoms with Crippen molar-refractivity contribution in [3.8, 4) is 0 Å². The van der Waals surface area contributed by atoms with Crippen molar-refractivity contribution < 1.29 is 8.81 Å². The van der Waals surface area contributed by atoms with Gasteiger partial charge in [-0.05, 0) is 37.1 Å². The molecule has 0 bridgehead atoms. The van der Waals surface area contributed by atoms with Gasteiger partial charge in [-0.1, -0.05) is 0 Å². The molecule has 1 aromatic carbocycles. The monoisotopic (exact) mass is 497 g/mol. The van der Waals surface area contributed by atoms with Crippen molar-refractivity contribution in [3.05, 3.63) is 53.3 Å². The highest BCUT2D eigenvalue weighted by Crippen LogP contribution is 2.28. The number of rotatable bonds is 3. The van der Waals surface area contributed by atoms with Gasteiger partial charge in [0.25, 0.3) is 0 Å². The van der Waals surface area contributed by atoms with Gasteiger partial charge in [0.2, 0.25) is 0 Å². The lowest BCUT2D eigenvalue weighted by Crippen LogP contribution is -2.39. The second kappa shape index (κ2) is 8.50. The maximum Gasteiger partial charge on any atom is 0.194 e. The molecule has 150 valence electrons. The van der Waals surface area contributed by atoms with Crippen molar-refractivity contribution in [1.82, 2.24) is 20.0 Å². The van der Waals surface area contributed by atoms with Crippen molar-refractivity contribution in [2.75, 3.05) is 20.1 Å². The predicted octanol–water partition coefficient (Wildman–Crippen LogP) is 3.80. The fourth-order valence-corrected chi connectivity index (χ4v) is 3.78. The Labute approximate surface area is 180 Å². The molecule has 0 radical (unpaired) electrons. The summed E-state index contributed by atoms with van der Waals surface area (Å²) in [6.07, 6.45) is 5.11. The number of nitrogens with zero attached hydrogens (tertiary/aromatic N) is 4. The van der Waals surface area contributed by atoms with Crippen LogP contribution in [0.5, 0.6) is 0 Å². The van der Waals surface area contributed by atoms with Crippen LogP contribution in [0, 0.1) is 12.7 Å². The molecule has 4 rings (SSSR count). The fraction of sp³-hybridized carbons (Fsp3) is 0.400. The van der Waals surface area contributed by atoms with Crippen LogP contribution in [0.3, 0.4) is 0 Å². The highest BCUT2D eigenvalue weighted by molar-refractivity contribution is 14.0. The molecular formula is C20H25FIN5O. The minimum Gasteiger partial charge on any atom is -0.459 e. The average molecular weight is 497 g/mol. The van der Waals surface area contributed by atoms with Crippen molar-refractivity contribution in [2.24, 2.45) is 12.0 Å². The first-order valence-electron chi connectivity index (χ1n) is 9.17. The van der Waals surface area contributed by atoms with E-state index >= 15 is 0 Å². The largest absolute Gasteiger partial charge is 0.459 e. The van der Waals surface area contributed by atoms with Crippen molar-refractivity contribution >= 4 is 40.9 Å². The number of hydrogen-bond donors (Lipinski definition) is 1. The molecule has 1 unspecified atom stereocenters. The Kier molecular flexibility index (Phi) is 6.26. The summed E-state index contributed by atoms with van der Waals surface area (Å²) in [5, 5.41) is 8.49. The lowest BCUT2D eigenvalue weighted by molar-refractivity contribution is 0.472. The minimum atomic E-state index is -0.250. The van der Waals surface area contributed by atoms with Crippen molar-refractivity contribution in [2.45, 2.75) is 25.8 Å². The Bertz CT molecular complexity index is 996. The van der Waals surface area contributed by atoms with Crippen LogP contribution in [0.2, 0.25) is 0 Å². The first kappa shape index (κ1) is 20.6. The number of hydrogen-bond acceptors (Lipinski definition) is 3. The quantitative estimate of drug-likeness (QED) is 0.340. The number of benzene rings is 1. The van der Waals surface area contributed by atoms with Crippen LogP contribution in [-0.4, -0.2) is 40.8 Å². The van der Waals surface area contributed by atoms with Gasteiger partial charge in [0.05, 0.1) is 12.7 Å². The number of aryl methyl sites for hydroxylation is 2. The van der Waals surface area contributed by atoms with Gasteiger partial charge < -0.3 is 14.6 Å². The van der Waals surface area contributed by atoms with E-state index in [9.17, 15) is 4.39 Å². The first-order chi connectivity index (χ1) is 13.0. The second-order valence-electron chi connectivity index (χ2n) is 7.07. The van der Waals surface area contributed by atoms with E-state index in [0.717, 1.165) is 42.2 Å². The third kappa shape index (κ3) is 4.01. The molecule has 1 atom stereocenters. The van der Waals surface area contributed by atoms with E-state index < -0.39 is 0 Å². The van der Waals surface area contributed by atoms with Gasteiger partial charge in [-0.2, -0.15) is 5.10 Å². The number of aromatic nitrogens is 2. The zero-order valence-corrected chi connectivity index (χ0v) is 18.6. The Morgan fingerprint density at radius 2 is 2.25 bits per heavy atom. The summed E-state index contributed by atoms with van der Waals surface area (Å²) >= 11 is 0. The predicted molar refractivity (Wildman–Crippen MR) is 119 cm³/mol.